The maximum atomic E-state index is 6.35. The Labute approximate surface area is 212 Å². The summed E-state index contributed by atoms with van der Waals surface area (Å²) >= 11 is 7.95. The number of rotatable bonds is 10. The molecule has 0 saturated heterocycles. The number of thioether (sulfide) groups is 1. The second kappa shape index (κ2) is 11.3. The minimum atomic E-state index is 0.511. The largest absolute Gasteiger partial charge is 0.310 e. The van der Waals surface area contributed by atoms with Gasteiger partial charge >= 0.3 is 0 Å². The minimum Gasteiger partial charge on any atom is -0.310 e. The first-order valence-electron chi connectivity index (χ1n) is 11.2. The molecule has 176 valence electrons. The minimum absolute atomic E-state index is 0.511. The predicted molar refractivity (Wildman–Crippen MR) is 138 cm³/mol. The van der Waals surface area contributed by atoms with Crippen LogP contribution < -0.4 is 5.32 Å². The SMILES string of the molecule is Clc1ccccc1Cn1nc(CNCCSc2nnnn2-c2ccccc2)c(-c2ccccc2)n1. The van der Waals surface area contributed by atoms with E-state index in [0.717, 1.165) is 45.7 Å². The van der Waals surface area contributed by atoms with Crippen LogP contribution >= 0.6 is 23.4 Å². The van der Waals surface area contributed by atoms with E-state index in [4.69, 9.17) is 21.8 Å². The monoisotopic (exact) mass is 502 g/mol. The van der Waals surface area contributed by atoms with Gasteiger partial charge in [-0.15, -0.1) is 5.10 Å². The van der Waals surface area contributed by atoms with Crippen LogP contribution in [0.15, 0.2) is 90.1 Å². The van der Waals surface area contributed by atoms with Crippen LogP contribution in [-0.4, -0.2) is 47.5 Å². The fraction of sp³-hybridized carbons (Fsp3) is 0.160. The summed E-state index contributed by atoms with van der Waals surface area (Å²) in [5, 5.41) is 26.6. The van der Waals surface area contributed by atoms with Crippen LogP contribution in [0.3, 0.4) is 0 Å². The molecule has 0 saturated carbocycles. The van der Waals surface area contributed by atoms with Crippen molar-refractivity contribution in [1.29, 1.82) is 0 Å². The van der Waals surface area contributed by atoms with E-state index in [2.05, 4.69) is 20.8 Å². The molecule has 0 radical (unpaired) electrons. The number of nitrogens with one attached hydrogen (secondary N) is 1. The van der Waals surface area contributed by atoms with Crippen LogP contribution in [0.25, 0.3) is 16.9 Å². The number of hydrogen-bond acceptors (Lipinski definition) is 7. The molecule has 0 fully saturated rings. The molecule has 0 aliphatic carbocycles. The summed E-state index contributed by atoms with van der Waals surface area (Å²) in [4.78, 5) is 1.71. The highest BCUT2D eigenvalue weighted by Crippen LogP contribution is 2.22. The van der Waals surface area contributed by atoms with Crippen molar-refractivity contribution in [3.8, 4) is 16.9 Å². The molecule has 0 spiro atoms. The fourth-order valence-electron chi connectivity index (χ4n) is 3.59. The lowest BCUT2D eigenvalue weighted by Gasteiger charge is -2.05. The zero-order valence-electron chi connectivity index (χ0n) is 18.8. The van der Waals surface area contributed by atoms with Gasteiger partial charge in [-0.25, -0.2) is 0 Å². The molecule has 35 heavy (non-hydrogen) atoms. The van der Waals surface area contributed by atoms with Gasteiger partial charge < -0.3 is 5.32 Å². The molecule has 5 aromatic rings. The van der Waals surface area contributed by atoms with E-state index in [9.17, 15) is 0 Å². The zero-order valence-corrected chi connectivity index (χ0v) is 20.4. The van der Waals surface area contributed by atoms with Gasteiger partial charge in [-0.2, -0.15) is 19.7 Å². The Morgan fingerprint density at radius 3 is 2.40 bits per heavy atom. The fourth-order valence-corrected chi connectivity index (χ4v) is 4.58. The Morgan fingerprint density at radius 1 is 0.857 bits per heavy atom. The maximum absolute atomic E-state index is 6.35. The summed E-state index contributed by atoms with van der Waals surface area (Å²) in [7, 11) is 0. The van der Waals surface area contributed by atoms with Crippen molar-refractivity contribution in [2.45, 2.75) is 18.2 Å². The van der Waals surface area contributed by atoms with Gasteiger partial charge in [0.2, 0.25) is 5.16 Å². The first kappa shape index (κ1) is 23.2. The first-order valence-corrected chi connectivity index (χ1v) is 12.5. The maximum Gasteiger partial charge on any atom is 0.214 e. The molecule has 0 amide bonds. The van der Waals surface area contributed by atoms with Crippen molar-refractivity contribution in [1.82, 2.24) is 40.5 Å². The third kappa shape index (κ3) is 5.76. The quantitative estimate of drug-likeness (QED) is 0.222. The van der Waals surface area contributed by atoms with Gasteiger partial charge in [0.05, 0.1) is 12.2 Å². The lowest BCUT2D eigenvalue weighted by Crippen LogP contribution is -2.18. The van der Waals surface area contributed by atoms with Crippen LogP contribution in [-0.2, 0) is 13.1 Å². The van der Waals surface area contributed by atoms with Gasteiger partial charge in [0.25, 0.3) is 0 Å². The third-order valence-corrected chi connectivity index (χ3v) is 6.58. The average molecular weight is 503 g/mol. The Hall–Kier alpha value is -3.53. The summed E-state index contributed by atoms with van der Waals surface area (Å²) in [5.74, 6) is 0.807. The Balaban J connectivity index is 1.23. The van der Waals surface area contributed by atoms with Gasteiger partial charge in [0.15, 0.2) is 0 Å². The lowest BCUT2D eigenvalue weighted by molar-refractivity contribution is 0.579. The van der Waals surface area contributed by atoms with E-state index in [1.807, 2.05) is 84.9 Å². The number of nitrogens with zero attached hydrogens (tertiary/aromatic N) is 7. The molecular formula is C25H23ClN8S. The molecule has 3 aromatic carbocycles. The molecular weight excluding hydrogens is 480 g/mol. The summed E-state index contributed by atoms with van der Waals surface area (Å²) in [6, 6.07) is 27.7. The highest BCUT2D eigenvalue weighted by atomic mass is 35.5. The van der Waals surface area contributed by atoms with Crippen molar-refractivity contribution in [3.63, 3.8) is 0 Å². The Morgan fingerprint density at radius 2 is 1.60 bits per heavy atom. The van der Waals surface area contributed by atoms with Gasteiger partial charge in [-0.1, -0.05) is 90.1 Å². The zero-order chi connectivity index (χ0) is 23.9. The van der Waals surface area contributed by atoms with Gasteiger partial charge in [-0.05, 0) is 34.2 Å². The van der Waals surface area contributed by atoms with E-state index < -0.39 is 0 Å². The summed E-state index contributed by atoms with van der Waals surface area (Å²) in [6.07, 6.45) is 0. The number of hydrogen-bond donors (Lipinski definition) is 1. The van der Waals surface area contributed by atoms with E-state index in [-0.39, 0.29) is 0 Å². The molecule has 0 aliphatic heterocycles. The van der Waals surface area contributed by atoms with Crippen molar-refractivity contribution < 1.29 is 0 Å². The Kier molecular flexibility index (Phi) is 7.47. The van der Waals surface area contributed by atoms with Crippen LogP contribution in [0.4, 0.5) is 0 Å². The molecule has 0 aliphatic rings. The molecule has 0 bridgehead atoms. The molecule has 2 heterocycles. The molecule has 0 unspecified atom stereocenters. The van der Waals surface area contributed by atoms with Gasteiger partial charge in [0, 0.05) is 29.4 Å². The van der Waals surface area contributed by atoms with Crippen LogP contribution in [0, 0.1) is 0 Å². The number of aromatic nitrogens is 7. The normalized spacial score (nSPS) is 11.1. The van der Waals surface area contributed by atoms with E-state index in [1.165, 1.54) is 0 Å². The van der Waals surface area contributed by atoms with E-state index >= 15 is 0 Å². The van der Waals surface area contributed by atoms with Crippen LogP contribution in [0.5, 0.6) is 0 Å². The molecule has 2 aromatic heterocycles. The number of tetrazole rings is 1. The van der Waals surface area contributed by atoms with E-state index in [0.29, 0.717) is 18.1 Å². The van der Waals surface area contributed by atoms with E-state index in [1.54, 1.807) is 21.2 Å². The second-order valence-electron chi connectivity index (χ2n) is 7.72. The smallest absolute Gasteiger partial charge is 0.214 e. The summed E-state index contributed by atoms with van der Waals surface area (Å²) < 4.78 is 1.75. The average Bonchev–Trinajstić information content (AvgIpc) is 3.53. The Bertz CT molecular complexity index is 1370. The molecule has 10 heteroatoms. The molecule has 0 atom stereocenters. The highest BCUT2D eigenvalue weighted by molar-refractivity contribution is 7.99. The van der Waals surface area contributed by atoms with Crippen LogP contribution in [0.2, 0.25) is 5.02 Å². The first-order chi connectivity index (χ1) is 17.3. The number of halogens is 1. The number of para-hydroxylation sites is 1. The molecule has 1 N–H and O–H groups in total. The highest BCUT2D eigenvalue weighted by Gasteiger charge is 2.14. The number of benzene rings is 3. The van der Waals surface area contributed by atoms with Crippen molar-refractivity contribution >= 4 is 23.4 Å². The molecule has 8 nitrogen and oxygen atoms in total. The van der Waals surface area contributed by atoms with Crippen molar-refractivity contribution in [2.24, 2.45) is 0 Å². The summed E-state index contributed by atoms with van der Waals surface area (Å²) in [6.45, 7) is 1.87. The van der Waals surface area contributed by atoms with Crippen molar-refractivity contribution in [2.75, 3.05) is 12.3 Å². The van der Waals surface area contributed by atoms with Crippen LogP contribution in [0.1, 0.15) is 11.3 Å². The lowest BCUT2D eigenvalue weighted by atomic mass is 10.1. The van der Waals surface area contributed by atoms with Gasteiger partial charge in [-0.3, -0.25) is 0 Å². The summed E-state index contributed by atoms with van der Waals surface area (Å²) in [5.41, 5.74) is 4.71. The molecule has 5 rings (SSSR count). The second-order valence-corrected chi connectivity index (χ2v) is 9.19. The van der Waals surface area contributed by atoms with Crippen molar-refractivity contribution in [3.05, 3.63) is 101 Å². The third-order valence-electron chi connectivity index (χ3n) is 5.29. The topological polar surface area (TPSA) is 86.3 Å². The van der Waals surface area contributed by atoms with Gasteiger partial charge in [0.1, 0.15) is 11.4 Å². The predicted octanol–water partition coefficient (Wildman–Crippen LogP) is 4.50. The standard InChI is InChI=1S/C25H23ClN8S/c26-22-14-8-7-11-20(22)18-33-29-23(24(30-33)19-9-3-1-4-10-19)17-27-15-16-35-25-28-31-32-34(25)21-12-5-2-6-13-21/h1-14,27H,15-18H2.